The van der Waals surface area contributed by atoms with E-state index in [2.05, 4.69) is 10.1 Å². The third kappa shape index (κ3) is 4.58. The summed E-state index contributed by atoms with van der Waals surface area (Å²) in [6.45, 7) is -0.0315. The van der Waals surface area contributed by atoms with Gasteiger partial charge in [-0.2, -0.15) is 5.10 Å². The number of nitro benzene ring substituents is 1. The fourth-order valence-electron chi connectivity index (χ4n) is 3.21. The quantitative estimate of drug-likeness (QED) is 0.244. The fraction of sp³-hybridized carbons (Fsp3) is 0.0435. The van der Waals surface area contributed by atoms with Gasteiger partial charge in [0.15, 0.2) is 0 Å². The van der Waals surface area contributed by atoms with Crippen molar-refractivity contribution in [3.63, 3.8) is 0 Å². The van der Waals surface area contributed by atoms with Gasteiger partial charge in [-0.1, -0.05) is 24.3 Å². The SMILES string of the molecule is O=C(O)c1cccc(COc2ccc([N+](=O)[O-])cc2C=Nn2c(=O)[nH]c3ccccc3c2=O)c1. The van der Waals surface area contributed by atoms with Crippen molar-refractivity contribution in [3.8, 4) is 5.75 Å². The van der Waals surface area contributed by atoms with Gasteiger partial charge in [-0.25, -0.2) is 9.59 Å². The van der Waals surface area contributed by atoms with E-state index in [-0.39, 0.29) is 34.6 Å². The lowest BCUT2D eigenvalue weighted by atomic mass is 10.1. The summed E-state index contributed by atoms with van der Waals surface area (Å²) in [5.74, 6) is -0.906. The van der Waals surface area contributed by atoms with Gasteiger partial charge < -0.3 is 14.8 Å². The molecule has 0 amide bonds. The Morgan fingerprint density at radius 3 is 2.68 bits per heavy atom. The number of hydrogen-bond donors (Lipinski definition) is 2. The van der Waals surface area contributed by atoms with Crippen LogP contribution in [0, 0.1) is 10.1 Å². The number of H-pyrrole nitrogens is 1. The number of nitrogens with one attached hydrogen (secondary N) is 1. The zero-order chi connectivity index (χ0) is 24.2. The maximum atomic E-state index is 12.7. The number of aromatic nitrogens is 2. The summed E-state index contributed by atoms with van der Waals surface area (Å²) in [7, 11) is 0. The normalized spacial score (nSPS) is 11.1. The number of carboxylic acid groups (broad SMARTS) is 1. The minimum Gasteiger partial charge on any atom is -0.488 e. The molecule has 0 atom stereocenters. The van der Waals surface area contributed by atoms with Crippen molar-refractivity contribution in [1.29, 1.82) is 0 Å². The predicted octanol–water partition coefficient (Wildman–Crippen LogP) is 2.76. The summed E-state index contributed by atoms with van der Waals surface area (Å²) in [6.07, 6.45) is 1.11. The molecule has 0 unspecified atom stereocenters. The molecule has 4 aromatic rings. The van der Waals surface area contributed by atoms with Crippen molar-refractivity contribution < 1.29 is 19.6 Å². The zero-order valence-corrected chi connectivity index (χ0v) is 17.4. The van der Waals surface area contributed by atoms with Gasteiger partial charge in [-0.3, -0.25) is 14.9 Å². The van der Waals surface area contributed by atoms with Crippen molar-refractivity contribution in [3.05, 3.63) is 114 Å². The molecule has 34 heavy (non-hydrogen) atoms. The lowest BCUT2D eigenvalue weighted by molar-refractivity contribution is -0.384. The van der Waals surface area contributed by atoms with Crippen LogP contribution in [-0.4, -0.2) is 31.9 Å². The highest BCUT2D eigenvalue weighted by Gasteiger charge is 2.13. The Labute approximate surface area is 190 Å². The molecular weight excluding hydrogens is 444 g/mol. The summed E-state index contributed by atoms with van der Waals surface area (Å²) < 4.78 is 6.34. The number of ether oxygens (including phenoxy) is 1. The topological polar surface area (TPSA) is 157 Å². The molecule has 0 saturated carbocycles. The summed E-state index contributed by atoms with van der Waals surface area (Å²) in [6, 6.07) is 16.3. The smallest absolute Gasteiger partial charge is 0.349 e. The Morgan fingerprint density at radius 1 is 1.12 bits per heavy atom. The molecule has 0 fully saturated rings. The number of aromatic carboxylic acids is 1. The second kappa shape index (κ2) is 9.20. The van der Waals surface area contributed by atoms with E-state index in [9.17, 15) is 24.5 Å². The number of hydrogen-bond acceptors (Lipinski definition) is 7. The number of carboxylic acids is 1. The van der Waals surface area contributed by atoms with Crippen molar-refractivity contribution in [2.24, 2.45) is 5.10 Å². The van der Waals surface area contributed by atoms with Crippen LogP contribution in [0.15, 0.2) is 81.4 Å². The first-order valence-electron chi connectivity index (χ1n) is 9.85. The fourth-order valence-corrected chi connectivity index (χ4v) is 3.21. The molecule has 0 aliphatic heterocycles. The summed E-state index contributed by atoms with van der Waals surface area (Å²) in [5, 5.41) is 24.5. The lowest BCUT2D eigenvalue weighted by Crippen LogP contribution is -2.32. The first-order chi connectivity index (χ1) is 16.3. The number of nitro groups is 1. The standard InChI is InChI=1S/C23H16N4O7/c28-21-18-6-1-2-7-19(18)25-23(31)26(21)24-12-16-11-17(27(32)33)8-9-20(16)34-13-14-4-3-5-15(10-14)22(29)30/h1-12H,13H2,(H,25,31)(H,29,30). The number of carbonyl (C=O) groups is 1. The van der Waals surface area contributed by atoms with E-state index in [4.69, 9.17) is 9.84 Å². The Bertz CT molecular complexity index is 1570. The highest BCUT2D eigenvalue weighted by molar-refractivity contribution is 5.87. The summed E-state index contributed by atoms with van der Waals surface area (Å²) in [5.41, 5.74) is -0.548. The largest absolute Gasteiger partial charge is 0.488 e. The zero-order valence-electron chi connectivity index (χ0n) is 17.4. The van der Waals surface area contributed by atoms with Crippen LogP contribution < -0.4 is 16.0 Å². The van der Waals surface area contributed by atoms with E-state index >= 15 is 0 Å². The number of rotatable bonds is 7. The predicted molar refractivity (Wildman–Crippen MR) is 123 cm³/mol. The number of aromatic amines is 1. The molecule has 0 spiro atoms. The first-order valence-corrected chi connectivity index (χ1v) is 9.85. The van der Waals surface area contributed by atoms with E-state index in [1.807, 2.05) is 0 Å². The number of non-ortho nitro benzene ring substituents is 1. The van der Waals surface area contributed by atoms with Crippen LogP contribution in [-0.2, 0) is 6.61 Å². The van der Waals surface area contributed by atoms with Crippen molar-refractivity contribution in [2.45, 2.75) is 6.61 Å². The van der Waals surface area contributed by atoms with Crippen LogP contribution in [0.25, 0.3) is 10.9 Å². The van der Waals surface area contributed by atoms with Crippen molar-refractivity contribution in [1.82, 2.24) is 9.66 Å². The van der Waals surface area contributed by atoms with Crippen LogP contribution >= 0.6 is 0 Å². The number of benzene rings is 3. The molecule has 2 N–H and O–H groups in total. The first kappa shape index (κ1) is 22.1. The van der Waals surface area contributed by atoms with Gasteiger partial charge in [-0.15, -0.1) is 4.68 Å². The average molecular weight is 460 g/mol. The van der Waals surface area contributed by atoms with E-state index in [1.54, 1.807) is 30.3 Å². The molecule has 11 nitrogen and oxygen atoms in total. The Morgan fingerprint density at radius 2 is 1.91 bits per heavy atom. The Hall–Kier alpha value is -5.06. The van der Waals surface area contributed by atoms with Gasteiger partial charge in [-0.05, 0) is 35.9 Å². The van der Waals surface area contributed by atoms with E-state index < -0.39 is 22.1 Å². The molecule has 1 aromatic heterocycles. The Balaban J connectivity index is 1.70. The van der Waals surface area contributed by atoms with Crippen LogP contribution in [0.1, 0.15) is 21.5 Å². The second-order valence-corrected chi connectivity index (χ2v) is 7.11. The van der Waals surface area contributed by atoms with Crippen molar-refractivity contribution >= 4 is 28.8 Å². The minimum atomic E-state index is -1.09. The molecule has 0 radical (unpaired) electrons. The third-order valence-electron chi connectivity index (χ3n) is 4.87. The number of para-hydroxylation sites is 1. The van der Waals surface area contributed by atoms with Gasteiger partial charge in [0.2, 0.25) is 0 Å². The summed E-state index contributed by atoms with van der Waals surface area (Å²) in [4.78, 5) is 49.3. The van der Waals surface area contributed by atoms with Crippen LogP contribution in [0.5, 0.6) is 5.75 Å². The molecular formula is C23H16N4O7. The molecule has 0 aliphatic carbocycles. The molecule has 0 bridgehead atoms. The molecule has 4 rings (SSSR count). The number of nitrogens with zero attached hydrogens (tertiary/aromatic N) is 3. The van der Waals surface area contributed by atoms with Gasteiger partial charge >= 0.3 is 11.7 Å². The minimum absolute atomic E-state index is 0.0315. The van der Waals surface area contributed by atoms with Gasteiger partial charge in [0.05, 0.1) is 27.6 Å². The third-order valence-corrected chi connectivity index (χ3v) is 4.87. The highest BCUT2D eigenvalue weighted by atomic mass is 16.6. The molecule has 170 valence electrons. The molecule has 3 aromatic carbocycles. The van der Waals surface area contributed by atoms with Crippen molar-refractivity contribution in [2.75, 3.05) is 0 Å². The van der Waals surface area contributed by atoms with Crippen LogP contribution in [0.4, 0.5) is 5.69 Å². The monoisotopic (exact) mass is 460 g/mol. The molecule has 1 heterocycles. The molecule has 0 saturated heterocycles. The maximum Gasteiger partial charge on any atom is 0.349 e. The van der Waals surface area contributed by atoms with Crippen LogP contribution in [0.2, 0.25) is 0 Å². The van der Waals surface area contributed by atoms with Crippen LogP contribution in [0.3, 0.4) is 0 Å². The average Bonchev–Trinajstić information content (AvgIpc) is 2.83. The van der Waals surface area contributed by atoms with E-state index in [1.165, 1.54) is 36.4 Å². The number of fused-ring (bicyclic) bond motifs is 1. The Kier molecular flexibility index (Phi) is 5.99. The van der Waals surface area contributed by atoms with Gasteiger partial charge in [0, 0.05) is 17.7 Å². The van der Waals surface area contributed by atoms with E-state index in [0.717, 1.165) is 6.21 Å². The van der Waals surface area contributed by atoms with Gasteiger partial charge in [0.1, 0.15) is 12.4 Å². The van der Waals surface area contributed by atoms with Gasteiger partial charge in [0.25, 0.3) is 11.2 Å². The molecule has 0 aliphatic rings. The highest BCUT2D eigenvalue weighted by Crippen LogP contribution is 2.24. The lowest BCUT2D eigenvalue weighted by Gasteiger charge is -2.10. The maximum absolute atomic E-state index is 12.7. The van der Waals surface area contributed by atoms with E-state index in [0.29, 0.717) is 15.8 Å². The molecule has 11 heteroatoms. The second-order valence-electron chi connectivity index (χ2n) is 7.11. The summed E-state index contributed by atoms with van der Waals surface area (Å²) >= 11 is 0.